The molecule has 0 spiro atoms. The van der Waals surface area contributed by atoms with Crippen LogP contribution in [-0.4, -0.2) is 37.4 Å². The van der Waals surface area contributed by atoms with Crippen LogP contribution in [0.3, 0.4) is 0 Å². The second-order valence-corrected chi connectivity index (χ2v) is 4.35. The van der Waals surface area contributed by atoms with Crippen LogP contribution in [0, 0.1) is 5.82 Å². The Balaban J connectivity index is 2.58. The van der Waals surface area contributed by atoms with Crippen LogP contribution in [0.1, 0.15) is 5.56 Å². The molecule has 0 unspecified atom stereocenters. The van der Waals surface area contributed by atoms with Crippen molar-refractivity contribution < 1.29 is 14.0 Å². The Morgan fingerprint density at radius 2 is 2.06 bits per heavy atom. The number of benzene rings is 1. The smallest absolute Gasteiger partial charge is 0.241 e. The fourth-order valence-electron chi connectivity index (χ4n) is 1.26. The average molecular weight is 273 g/mol. The number of amides is 2. The molecule has 0 aliphatic carbocycles. The van der Waals surface area contributed by atoms with Crippen molar-refractivity contribution in [3.05, 3.63) is 34.6 Å². The molecule has 0 heterocycles. The van der Waals surface area contributed by atoms with Crippen molar-refractivity contribution in [1.29, 1.82) is 0 Å². The van der Waals surface area contributed by atoms with Gasteiger partial charge in [0, 0.05) is 24.7 Å². The molecule has 1 N–H and O–H groups in total. The summed E-state index contributed by atoms with van der Waals surface area (Å²) >= 11 is 5.79. The van der Waals surface area contributed by atoms with Crippen LogP contribution in [0.5, 0.6) is 0 Å². The molecule has 0 fully saturated rings. The highest BCUT2D eigenvalue weighted by Crippen LogP contribution is 2.19. The second-order valence-electron chi connectivity index (χ2n) is 3.94. The molecule has 0 radical (unpaired) electrons. The van der Waals surface area contributed by atoms with Crippen molar-refractivity contribution >= 4 is 23.4 Å². The van der Waals surface area contributed by atoms with E-state index in [2.05, 4.69) is 5.32 Å². The largest absolute Gasteiger partial charge is 0.347 e. The topological polar surface area (TPSA) is 49.4 Å². The molecule has 0 aliphatic rings. The van der Waals surface area contributed by atoms with Gasteiger partial charge in [0.1, 0.15) is 5.82 Å². The molecule has 0 atom stereocenters. The molecule has 0 saturated heterocycles. The summed E-state index contributed by atoms with van der Waals surface area (Å²) in [5.41, 5.74) is 0.133. The van der Waals surface area contributed by atoms with Crippen molar-refractivity contribution in [3.63, 3.8) is 0 Å². The predicted octanol–water partition coefficient (Wildman–Crippen LogP) is 1.23. The van der Waals surface area contributed by atoms with E-state index in [0.717, 1.165) is 0 Å². The van der Waals surface area contributed by atoms with Gasteiger partial charge in [-0.25, -0.2) is 4.39 Å². The summed E-state index contributed by atoms with van der Waals surface area (Å²) in [4.78, 5) is 24.1. The van der Waals surface area contributed by atoms with Crippen LogP contribution < -0.4 is 5.32 Å². The maximum Gasteiger partial charge on any atom is 0.241 e. The molecular weight excluding hydrogens is 259 g/mol. The third-order valence-corrected chi connectivity index (χ3v) is 2.69. The summed E-state index contributed by atoms with van der Waals surface area (Å²) in [7, 11) is 3.17. The molecular formula is C12H14ClFN2O2. The van der Waals surface area contributed by atoms with Gasteiger partial charge >= 0.3 is 0 Å². The summed E-state index contributed by atoms with van der Waals surface area (Å²) in [6.45, 7) is -0.113. The lowest BCUT2D eigenvalue weighted by atomic mass is 10.1. The maximum atomic E-state index is 13.4. The van der Waals surface area contributed by atoms with E-state index in [0.29, 0.717) is 0 Å². The fraction of sp³-hybridized carbons (Fsp3) is 0.333. The first-order chi connectivity index (χ1) is 8.41. The quantitative estimate of drug-likeness (QED) is 0.896. The van der Waals surface area contributed by atoms with Crippen LogP contribution in [-0.2, 0) is 16.0 Å². The summed E-state index contributed by atoms with van der Waals surface area (Å²) in [5.74, 6) is -1.21. The van der Waals surface area contributed by atoms with Gasteiger partial charge in [0.05, 0.1) is 13.0 Å². The first kappa shape index (κ1) is 14.4. The Morgan fingerprint density at radius 3 is 2.61 bits per heavy atom. The van der Waals surface area contributed by atoms with Crippen LogP contribution in [0.25, 0.3) is 0 Å². The standard InChI is InChI=1S/C12H14ClFN2O2/c1-16(2)12(18)7-15-11(17)6-8-9(13)4-3-5-10(8)14/h3-5H,6-7H2,1-2H3,(H,15,17). The molecule has 18 heavy (non-hydrogen) atoms. The Labute approximate surface area is 110 Å². The number of hydrogen-bond acceptors (Lipinski definition) is 2. The van der Waals surface area contributed by atoms with Crippen molar-refractivity contribution in [1.82, 2.24) is 10.2 Å². The van der Waals surface area contributed by atoms with Gasteiger partial charge in [0.2, 0.25) is 11.8 Å². The van der Waals surface area contributed by atoms with Crippen molar-refractivity contribution in [2.45, 2.75) is 6.42 Å². The lowest BCUT2D eigenvalue weighted by Crippen LogP contribution is -2.37. The van der Waals surface area contributed by atoms with Gasteiger partial charge < -0.3 is 10.2 Å². The SMILES string of the molecule is CN(C)C(=O)CNC(=O)Cc1c(F)cccc1Cl. The molecule has 6 heteroatoms. The number of nitrogens with zero attached hydrogens (tertiary/aromatic N) is 1. The highest BCUT2D eigenvalue weighted by Gasteiger charge is 2.13. The molecule has 0 saturated carbocycles. The van der Waals surface area contributed by atoms with Crippen LogP contribution in [0.2, 0.25) is 5.02 Å². The molecule has 4 nitrogen and oxygen atoms in total. The first-order valence-electron chi connectivity index (χ1n) is 5.31. The minimum absolute atomic E-state index is 0.113. The van der Waals surface area contributed by atoms with E-state index < -0.39 is 11.7 Å². The van der Waals surface area contributed by atoms with E-state index in [4.69, 9.17) is 11.6 Å². The van der Waals surface area contributed by atoms with Gasteiger partial charge in [0.15, 0.2) is 0 Å². The van der Waals surface area contributed by atoms with Gasteiger partial charge in [-0.05, 0) is 12.1 Å². The van der Waals surface area contributed by atoms with E-state index >= 15 is 0 Å². The number of hydrogen-bond donors (Lipinski definition) is 1. The molecule has 98 valence electrons. The maximum absolute atomic E-state index is 13.4. The highest BCUT2D eigenvalue weighted by atomic mass is 35.5. The lowest BCUT2D eigenvalue weighted by molar-refractivity contribution is -0.130. The summed E-state index contributed by atoms with van der Waals surface area (Å²) < 4.78 is 13.4. The van der Waals surface area contributed by atoms with Crippen LogP contribution >= 0.6 is 11.6 Å². The van der Waals surface area contributed by atoms with Crippen molar-refractivity contribution in [2.24, 2.45) is 0 Å². The number of carbonyl (C=O) groups excluding carboxylic acids is 2. The molecule has 0 aromatic heterocycles. The lowest BCUT2D eigenvalue weighted by Gasteiger charge is -2.11. The Hall–Kier alpha value is -1.62. The Kier molecular flexibility index (Phi) is 5.09. The summed E-state index contributed by atoms with van der Waals surface area (Å²) in [6, 6.07) is 4.21. The number of carbonyl (C=O) groups is 2. The van der Waals surface area contributed by atoms with Crippen molar-refractivity contribution in [2.75, 3.05) is 20.6 Å². The van der Waals surface area contributed by atoms with E-state index in [1.165, 1.54) is 23.1 Å². The molecule has 0 bridgehead atoms. The minimum atomic E-state index is -0.531. The average Bonchev–Trinajstić information content (AvgIpc) is 2.30. The summed E-state index contributed by atoms with van der Waals surface area (Å²) in [5, 5.41) is 2.61. The zero-order chi connectivity index (χ0) is 13.7. The zero-order valence-electron chi connectivity index (χ0n) is 10.2. The van der Waals surface area contributed by atoms with E-state index in [1.807, 2.05) is 0 Å². The van der Waals surface area contributed by atoms with Crippen LogP contribution in [0.15, 0.2) is 18.2 Å². The third kappa shape index (κ3) is 4.00. The number of halogens is 2. The van der Waals surface area contributed by atoms with Gasteiger partial charge in [-0.1, -0.05) is 17.7 Å². The van der Waals surface area contributed by atoms with Crippen LogP contribution in [0.4, 0.5) is 4.39 Å². The molecule has 1 aromatic rings. The zero-order valence-corrected chi connectivity index (χ0v) is 10.9. The van der Waals surface area contributed by atoms with Gasteiger partial charge in [-0.15, -0.1) is 0 Å². The normalized spacial score (nSPS) is 10.0. The van der Waals surface area contributed by atoms with Crippen molar-refractivity contribution in [3.8, 4) is 0 Å². The molecule has 0 aliphatic heterocycles. The number of likely N-dealkylation sites (N-methyl/N-ethyl adjacent to an activating group) is 1. The third-order valence-electron chi connectivity index (χ3n) is 2.33. The van der Waals surface area contributed by atoms with Gasteiger partial charge in [-0.3, -0.25) is 9.59 Å². The van der Waals surface area contributed by atoms with E-state index in [9.17, 15) is 14.0 Å². The van der Waals surface area contributed by atoms with E-state index in [-0.39, 0.29) is 29.5 Å². The fourth-order valence-corrected chi connectivity index (χ4v) is 1.49. The predicted molar refractivity (Wildman–Crippen MR) is 66.8 cm³/mol. The van der Waals surface area contributed by atoms with Gasteiger partial charge in [0.25, 0.3) is 0 Å². The minimum Gasteiger partial charge on any atom is -0.347 e. The number of rotatable bonds is 4. The monoisotopic (exact) mass is 272 g/mol. The number of nitrogens with one attached hydrogen (secondary N) is 1. The highest BCUT2D eigenvalue weighted by molar-refractivity contribution is 6.31. The Morgan fingerprint density at radius 1 is 1.39 bits per heavy atom. The summed E-state index contributed by atoms with van der Waals surface area (Å²) in [6.07, 6.45) is -0.188. The molecule has 1 aromatic carbocycles. The van der Waals surface area contributed by atoms with E-state index in [1.54, 1.807) is 14.1 Å². The first-order valence-corrected chi connectivity index (χ1v) is 5.69. The second kappa shape index (κ2) is 6.35. The Bertz CT molecular complexity index is 443. The molecule has 2 amide bonds. The van der Waals surface area contributed by atoms with Gasteiger partial charge in [-0.2, -0.15) is 0 Å². The molecule has 1 rings (SSSR count).